The van der Waals surface area contributed by atoms with Gasteiger partial charge < -0.3 is 30.1 Å². The van der Waals surface area contributed by atoms with Gasteiger partial charge >= 0.3 is 6.09 Å². The molecule has 1 saturated heterocycles. The van der Waals surface area contributed by atoms with Crippen LogP contribution in [0.4, 0.5) is 4.79 Å². The van der Waals surface area contributed by atoms with Gasteiger partial charge in [0.15, 0.2) is 0 Å². The molecule has 0 aromatic rings. The summed E-state index contributed by atoms with van der Waals surface area (Å²) in [6.07, 6.45) is -5.74. The maximum Gasteiger partial charge on any atom is 0.409 e. The number of rotatable bonds is 6. The molecule has 11 heteroatoms. The van der Waals surface area contributed by atoms with Gasteiger partial charge in [0.25, 0.3) is 10.1 Å². The highest BCUT2D eigenvalue weighted by molar-refractivity contribution is 7.85. The number of aliphatic hydroxyl groups excluding tert-OH is 3. The van der Waals surface area contributed by atoms with Crippen LogP contribution in [0.1, 0.15) is 12.8 Å². The van der Waals surface area contributed by atoms with Gasteiger partial charge in [0, 0.05) is 13.0 Å². The number of carbonyl (C=O) groups excluding carboxylic acids is 1. The maximum absolute atomic E-state index is 11.4. The summed E-state index contributed by atoms with van der Waals surface area (Å²) in [6.45, 7) is -0.589. The van der Waals surface area contributed by atoms with Gasteiger partial charge in [0.05, 0.1) is 18.5 Å². The number of nitrogens with one attached hydrogen (secondary N) is 1. The first-order chi connectivity index (χ1) is 9.73. The Morgan fingerprint density at radius 1 is 1.38 bits per heavy atom. The van der Waals surface area contributed by atoms with Crippen molar-refractivity contribution in [3.63, 3.8) is 0 Å². The second-order valence-electron chi connectivity index (χ2n) is 4.55. The molecule has 1 rings (SSSR count). The molecule has 0 bridgehead atoms. The van der Waals surface area contributed by atoms with Crippen LogP contribution in [0.15, 0.2) is 0 Å². The average molecular weight is 329 g/mol. The third-order valence-corrected chi connectivity index (χ3v) is 3.61. The highest BCUT2D eigenvalue weighted by atomic mass is 32.2. The second kappa shape index (κ2) is 7.87. The van der Waals surface area contributed by atoms with E-state index in [1.54, 1.807) is 0 Å². The van der Waals surface area contributed by atoms with E-state index in [1.807, 2.05) is 0 Å². The predicted octanol–water partition coefficient (Wildman–Crippen LogP) is -2.18. The first-order valence-corrected chi connectivity index (χ1v) is 7.86. The molecule has 0 aliphatic carbocycles. The van der Waals surface area contributed by atoms with E-state index >= 15 is 0 Å². The Hall–Kier alpha value is -0.980. The van der Waals surface area contributed by atoms with Crippen LogP contribution in [-0.2, 0) is 19.6 Å². The van der Waals surface area contributed by atoms with Gasteiger partial charge in [-0.1, -0.05) is 0 Å². The third kappa shape index (κ3) is 6.54. The highest BCUT2D eigenvalue weighted by Crippen LogP contribution is 2.21. The number of hydrogen-bond acceptors (Lipinski definition) is 8. The van der Waals surface area contributed by atoms with Gasteiger partial charge in [-0.3, -0.25) is 4.55 Å². The lowest BCUT2D eigenvalue weighted by Crippen LogP contribution is -2.51. The molecule has 0 aromatic carbocycles. The zero-order valence-electron chi connectivity index (χ0n) is 11.1. The van der Waals surface area contributed by atoms with E-state index < -0.39 is 53.2 Å². The van der Waals surface area contributed by atoms with Gasteiger partial charge in [-0.2, -0.15) is 8.42 Å². The molecule has 0 spiro atoms. The first kappa shape index (κ1) is 18.1. The van der Waals surface area contributed by atoms with Gasteiger partial charge in [0.1, 0.15) is 12.2 Å². The van der Waals surface area contributed by atoms with E-state index in [-0.39, 0.29) is 19.4 Å². The number of hydrogen-bond donors (Lipinski definition) is 5. The van der Waals surface area contributed by atoms with Crippen molar-refractivity contribution < 1.29 is 42.6 Å². The minimum atomic E-state index is -4.08. The molecule has 1 heterocycles. The minimum absolute atomic E-state index is 0.0000607. The summed E-state index contributed by atoms with van der Waals surface area (Å²) in [5, 5.41) is 30.2. The molecule has 1 amide bonds. The van der Waals surface area contributed by atoms with Crippen LogP contribution in [0.25, 0.3) is 0 Å². The highest BCUT2D eigenvalue weighted by Gasteiger charge is 2.38. The quantitative estimate of drug-likeness (QED) is 0.269. The summed E-state index contributed by atoms with van der Waals surface area (Å²) in [4.78, 5) is 11.4. The number of ether oxygens (including phenoxy) is 2. The van der Waals surface area contributed by atoms with Crippen LogP contribution in [0.5, 0.6) is 0 Å². The predicted molar refractivity (Wildman–Crippen MR) is 67.9 cm³/mol. The van der Waals surface area contributed by atoms with Gasteiger partial charge in [-0.25, -0.2) is 4.79 Å². The number of carbonyl (C=O) groups is 1. The summed E-state index contributed by atoms with van der Waals surface area (Å²) in [7, 11) is -4.08. The summed E-state index contributed by atoms with van der Waals surface area (Å²) in [6, 6.07) is 0. The van der Waals surface area contributed by atoms with E-state index in [2.05, 4.69) is 5.32 Å². The molecule has 1 aliphatic heterocycles. The lowest BCUT2D eigenvalue weighted by molar-refractivity contribution is -0.238. The van der Waals surface area contributed by atoms with Crippen molar-refractivity contribution in [3.05, 3.63) is 0 Å². The Balaban J connectivity index is 2.31. The van der Waals surface area contributed by atoms with E-state index in [0.29, 0.717) is 0 Å². The topological polar surface area (TPSA) is 163 Å². The van der Waals surface area contributed by atoms with Crippen molar-refractivity contribution in [1.82, 2.24) is 5.32 Å². The van der Waals surface area contributed by atoms with Crippen molar-refractivity contribution >= 4 is 16.2 Å². The summed E-state index contributed by atoms with van der Waals surface area (Å²) in [5.74, 6) is -0.495. The van der Waals surface area contributed by atoms with E-state index in [4.69, 9.17) is 19.1 Å². The molecule has 0 saturated carbocycles. The molecule has 0 radical (unpaired) electrons. The van der Waals surface area contributed by atoms with E-state index in [0.717, 1.165) is 0 Å². The van der Waals surface area contributed by atoms with Crippen molar-refractivity contribution in [2.24, 2.45) is 0 Å². The lowest BCUT2D eigenvalue weighted by atomic mass is 10.0. The van der Waals surface area contributed by atoms with Crippen LogP contribution in [0.3, 0.4) is 0 Å². The largest absolute Gasteiger partial charge is 0.420 e. The zero-order valence-corrected chi connectivity index (χ0v) is 11.9. The van der Waals surface area contributed by atoms with Crippen molar-refractivity contribution in [1.29, 1.82) is 0 Å². The van der Waals surface area contributed by atoms with Gasteiger partial charge in [-0.05, 0) is 6.42 Å². The summed E-state index contributed by atoms with van der Waals surface area (Å²) < 4.78 is 39.3. The van der Waals surface area contributed by atoms with Crippen molar-refractivity contribution in [2.75, 3.05) is 18.9 Å². The fourth-order valence-electron chi connectivity index (χ4n) is 1.75. The summed E-state index contributed by atoms with van der Waals surface area (Å²) >= 11 is 0. The van der Waals surface area contributed by atoms with Gasteiger partial charge in [0.2, 0.25) is 6.29 Å². The number of aliphatic hydroxyl groups is 3. The van der Waals surface area contributed by atoms with Crippen molar-refractivity contribution in [2.45, 2.75) is 37.4 Å². The molecular weight excluding hydrogens is 310 g/mol. The molecule has 3 unspecified atom stereocenters. The van der Waals surface area contributed by atoms with Crippen LogP contribution in [0.2, 0.25) is 0 Å². The Labute approximate surface area is 121 Å². The number of alkyl carbamates (subject to hydrolysis) is 1. The fourth-order valence-corrected chi connectivity index (χ4v) is 2.26. The Kier molecular flexibility index (Phi) is 6.77. The molecule has 1 fully saturated rings. The van der Waals surface area contributed by atoms with Crippen LogP contribution < -0.4 is 5.32 Å². The molecule has 124 valence electrons. The third-order valence-electron chi connectivity index (χ3n) is 2.80. The summed E-state index contributed by atoms with van der Waals surface area (Å²) in [5.41, 5.74) is 0. The Bertz CT molecular complexity index is 440. The van der Waals surface area contributed by atoms with Crippen LogP contribution >= 0.6 is 0 Å². The monoisotopic (exact) mass is 329 g/mol. The zero-order chi connectivity index (χ0) is 16.0. The standard InChI is InChI=1S/C10H19NO9S/c12-5-7-9(14)6(13)4-8(19-7)20-10(15)11-2-1-3-21(16,17)18/h6-9,12-14H,1-5H2,(H,11,15)(H,16,17,18)/t6-,7?,8?,9?/m1/s1. The van der Waals surface area contributed by atoms with Crippen LogP contribution in [0, 0.1) is 0 Å². The molecule has 4 atom stereocenters. The average Bonchev–Trinajstić information content (AvgIpc) is 2.37. The normalized spacial score (nSPS) is 29.9. The molecular formula is C10H19NO9S. The fraction of sp³-hybridized carbons (Fsp3) is 0.900. The smallest absolute Gasteiger partial charge is 0.409 e. The van der Waals surface area contributed by atoms with E-state index in [9.17, 15) is 23.4 Å². The van der Waals surface area contributed by atoms with Crippen LogP contribution in [-0.4, -0.2) is 77.9 Å². The Morgan fingerprint density at radius 3 is 2.62 bits per heavy atom. The minimum Gasteiger partial charge on any atom is -0.420 e. The molecule has 10 nitrogen and oxygen atoms in total. The molecule has 21 heavy (non-hydrogen) atoms. The first-order valence-electron chi connectivity index (χ1n) is 6.25. The second-order valence-corrected chi connectivity index (χ2v) is 6.12. The molecule has 1 aliphatic rings. The Morgan fingerprint density at radius 2 is 2.05 bits per heavy atom. The lowest BCUT2D eigenvalue weighted by Gasteiger charge is -2.35. The maximum atomic E-state index is 11.4. The van der Waals surface area contributed by atoms with E-state index in [1.165, 1.54) is 0 Å². The molecule has 0 aromatic heterocycles. The molecule has 5 N–H and O–H groups in total. The van der Waals surface area contributed by atoms with Gasteiger partial charge in [-0.15, -0.1) is 0 Å². The SMILES string of the molecule is O=C(NCCCS(=O)(=O)O)OC1C[C@@H](O)C(O)C(CO)O1. The number of amides is 1. The van der Waals surface area contributed by atoms with Crippen molar-refractivity contribution in [3.8, 4) is 0 Å².